The van der Waals surface area contributed by atoms with Gasteiger partial charge in [-0.15, -0.1) is 0 Å². The van der Waals surface area contributed by atoms with E-state index < -0.39 is 28.9 Å². The Labute approximate surface area is 109 Å². The molecule has 0 aliphatic carbocycles. The average Bonchev–Trinajstić information content (AvgIpc) is 2.30. The van der Waals surface area contributed by atoms with E-state index in [2.05, 4.69) is 10.6 Å². The van der Waals surface area contributed by atoms with Crippen molar-refractivity contribution < 1.29 is 18.0 Å². The predicted molar refractivity (Wildman–Crippen MR) is 64.3 cm³/mol. The van der Waals surface area contributed by atoms with E-state index in [4.69, 9.17) is 0 Å². The van der Waals surface area contributed by atoms with Gasteiger partial charge in [-0.1, -0.05) is 0 Å². The number of nitrogens with one attached hydrogen (secondary N) is 2. The standard InChI is InChI=1S/C13H15F3N2O/c1-7-11(3-2-4-17-7)18-13(19)12-9(15)5-8(14)6-10(12)16/h5-7,11,17H,2-4H2,1H3,(H,18,19)/t7-,11+/m0/s1. The van der Waals surface area contributed by atoms with Crippen LogP contribution in [0.25, 0.3) is 0 Å². The summed E-state index contributed by atoms with van der Waals surface area (Å²) >= 11 is 0. The average molecular weight is 272 g/mol. The molecule has 0 bridgehead atoms. The van der Waals surface area contributed by atoms with Gasteiger partial charge in [0.2, 0.25) is 0 Å². The number of carbonyl (C=O) groups is 1. The first kappa shape index (κ1) is 13.9. The van der Waals surface area contributed by atoms with Gasteiger partial charge < -0.3 is 10.6 Å². The molecule has 1 aliphatic heterocycles. The van der Waals surface area contributed by atoms with Crippen molar-refractivity contribution in [2.75, 3.05) is 6.54 Å². The highest BCUT2D eigenvalue weighted by molar-refractivity contribution is 5.95. The monoisotopic (exact) mass is 272 g/mol. The zero-order valence-electron chi connectivity index (χ0n) is 10.5. The highest BCUT2D eigenvalue weighted by Crippen LogP contribution is 2.16. The van der Waals surface area contributed by atoms with E-state index in [1.54, 1.807) is 0 Å². The van der Waals surface area contributed by atoms with Crippen molar-refractivity contribution in [1.82, 2.24) is 10.6 Å². The Kier molecular flexibility index (Phi) is 4.09. The van der Waals surface area contributed by atoms with Crippen LogP contribution in [-0.4, -0.2) is 24.5 Å². The maximum Gasteiger partial charge on any atom is 0.257 e. The molecule has 2 N–H and O–H groups in total. The minimum atomic E-state index is -1.19. The van der Waals surface area contributed by atoms with Crippen LogP contribution in [0, 0.1) is 17.5 Å². The van der Waals surface area contributed by atoms with Crippen molar-refractivity contribution >= 4 is 5.91 Å². The van der Waals surface area contributed by atoms with Crippen LogP contribution in [0.1, 0.15) is 30.1 Å². The molecular formula is C13H15F3N2O. The van der Waals surface area contributed by atoms with E-state index in [9.17, 15) is 18.0 Å². The third-order valence-corrected chi connectivity index (χ3v) is 3.31. The Bertz CT molecular complexity index is 470. The molecule has 0 unspecified atom stereocenters. The smallest absolute Gasteiger partial charge is 0.257 e. The molecule has 1 aromatic rings. The number of hydrogen-bond acceptors (Lipinski definition) is 2. The van der Waals surface area contributed by atoms with Crippen LogP contribution >= 0.6 is 0 Å². The summed E-state index contributed by atoms with van der Waals surface area (Å²) < 4.78 is 39.7. The summed E-state index contributed by atoms with van der Waals surface area (Å²) in [5.41, 5.74) is -0.737. The lowest BCUT2D eigenvalue weighted by molar-refractivity contribution is 0.0911. The zero-order valence-corrected chi connectivity index (χ0v) is 10.5. The largest absolute Gasteiger partial charge is 0.348 e. The molecule has 3 nitrogen and oxygen atoms in total. The fraction of sp³-hybridized carbons (Fsp3) is 0.462. The lowest BCUT2D eigenvalue weighted by atomic mass is 9.99. The quantitative estimate of drug-likeness (QED) is 0.864. The van der Waals surface area contributed by atoms with Gasteiger partial charge in [-0.05, 0) is 26.3 Å². The summed E-state index contributed by atoms with van der Waals surface area (Å²) in [6.45, 7) is 2.74. The molecule has 0 radical (unpaired) electrons. The zero-order chi connectivity index (χ0) is 14.0. The van der Waals surface area contributed by atoms with Gasteiger partial charge in [0.25, 0.3) is 5.91 Å². The molecule has 0 spiro atoms. The molecule has 1 aromatic carbocycles. The Morgan fingerprint density at radius 2 is 1.95 bits per heavy atom. The Hall–Kier alpha value is -1.56. The summed E-state index contributed by atoms with van der Waals surface area (Å²) in [5.74, 6) is -4.27. The molecule has 6 heteroatoms. The summed E-state index contributed by atoms with van der Waals surface area (Å²) in [7, 11) is 0. The number of carbonyl (C=O) groups excluding carboxylic acids is 1. The van der Waals surface area contributed by atoms with Crippen LogP contribution in [0.3, 0.4) is 0 Å². The molecule has 104 valence electrons. The van der Waals surface area contributed by atoms with E-state index >= 15 is 0 Å². The first-order valence-electron chi connectivity index (χ1n) is 6.18. The molecule has 2 atom stereocenters. The number of rotatable bonds is 2. The molecule has 1 amide bonds. The first-order chi connectivity index (χ1) is 8.99. The van der Waals surface area contributed by atoms with Crippen molar-refractivity contribution in [1.29, 1.82) is 0 Å². The van der Waals surface area contributed by atoms with Crippen LogP contribution in [0.2, 0.25) is 0 Å². The highest BCUT2D eigenvalue weighted by Gasteiger charge is 2.26. The molecule has 1 heterocycles. The minimum Gasteiger partial charge on any atom is -0.348 e. The van der Waals surface area contributed by atoms with Gasteiger partial charge in [0.05, 0.1) is 0 Å². The third kappa shape index (κ3) is 3.07. The molecular weight excluding hydrogens is 257 g/mol. The molecule has 1 fully saturated rings. The van der Waals surface area contributed by atoms with Crippen molar-refractivity contribution in [3.8, 4) is 0 Å². The summed E-state index contributed by atoms with van der Waals surface area (Å²) in [6, 6.07) is 0.843. The maximum absolute atomic E-state index is 13.5. The Morgan fingerprint density at radius 1 is 1.32 bits per heavy atom. The van der Waals surface area contributed by atoms with Crippen molar-refractivity contribution in [2.45, 2.75) is 31.8 Å². The molecule has 1 aliphatic rings. The number of amides is 1. The van der Waals surface area contributed by atoms with Gasteiger partial charge in [-0.3, -0.25) is 4.79 Å². The number of benzene rings is 1. The Morgan fingerprint density at radius 3 is 2.53 bits per heavy atom. The van der Waals surface area contributed by atoms with E-state index in [-0.39, 0.29) is 12.1 Å². The van der Waals surface area contributed by atoms with Gasteiger partial charge in [0, 0.05) is 24.2 Å². The van der Waals surface area contributed by atoms with Crippen LogP contribution in [-0.2, 0) is 0 Å². The van der Waals surface area contributed by atoms with Gasteiger partial charge >= 0.3 is 0 Å². The van der Waals surface area contributed by atoms with Crippen LogP contribution in [0.5, 0.6) is 0 Å². The van der Waals surface area contributed by atoms with Crippen LogP contribution in [0.4, 0.5) is 13.2 Å². The first-order valence-corrected chi connectivity index (χ1v) is 6.18. The Balaban J connectivity index is 2.16. The number of hydrogen-bond donors (Lipinski definition) is 2. The van der Waals surface area contributed by atoms with Gasteiger partial charge in [-0.2, -0.15) is 0 Å². The topological polar surface area (TPSA) is 41.1 Å². The van der Waals surface area contributed by atoms with E-state index in [1.165, 1.54) is 0 Å². The van der Waals surface area contributed by atoms with Crippen LogP contribution < -0.4 is 10.6 Å². The lowest BCUT2D eigenvalue weighted by Gasteiger charge is -2.30. The van der Waals surface area contributed by atoms with E-state index in [0.29, 0.717) is 12.1 Å². The maximum atomic E-state index is 13.5. The summed E-state index contributed by atoms with van der Waals surface area (Å²) in [4.78, 5) is 11.9. The number of piperidine rings is 1. The fourth-order valence-electron chi connectivity index (χ4n) is 2.24. The third-order valence-electron chi connectivity index (χ3n) is 3.31. The summed E-state index contributed by atoms with van der Waals surface area (Å²) in [5, 5.41) is 5.75. The van der Waals surface area contributed by atoms with Crippen molar-refractivity contribution in [2.24, 2.45) is 0 Å². The highest BCUT2D eigenvalue weighted by atomic mass is 19.1. The molecule has 0 saturated carbocycles. The lowest BCUT2D eigenvalue weighted by Crippen LogP contribution is -2.52. The summed E-state index contributed by atoms with van der Waals surface area (Å²) in [6.07, 6.45) is 1.62. The van der Waals surface area contributed by atoms with E-state index in [1.807, 2.05) is 6.92 Å². The van der Waals surface area contributed by atoms with Crippen LogP contribution in [0.15, 0.2) is 12.1 Å². The number of halogens is 3. The second kappa shape index (κ2) is 5.61. The molecule has 2 rings (SSSR count). The second-order valence-electron chi connectivity index (χ2n) is 4.71. The second-order valence-corrected chi connectivity index (χ2v) is 4.71. The van der Waals surface area contributed by atoms with E-state index in [0.717, 1.165) is 19.4 Å². The normalized spacial score (nSPS) is 23.2. The van der Waals surface area contributed by atoms with Gasteiger partial charge in [0.15, 0.2) is 0 Å². The van der Waals surface area contributed by atoms with Crippen molar-refractivity contribution in [3.63, 3.8) is 0 Å². The van der Waals surface area contributed by atoms with Gasteiger partial charge in [0.1, 0.15) is 23.0 Å². The fourth-order valence-corrected chi connectivity index (χ4v) is 2.24. The predicted octanol–water partition coefficient (Wildman–Crippen LogP) is 1.97. The minimum absolute atomic E-state index is 0.0317. The van der Waals surface area contributed by atoms with Crippen molar-refractivity contribution in [3.05, 3.63) is 35.1 Å². The SMILES string of the molecule is C[C@@H]1NCCC[C@H]1NC(=O)c1c(F)cc(F)cc1F. The van der Waals surface area contributed by atoms with Gasteiger partial charge in [-0.25, -0.2) is 13.2 Å². The molecule has 19 heavy (non-hydrogen) atoms. The molecule has 0 aromatic heterocycles. The molecule has 1 saturated heterocycles.